The number of nitrogens with zero attached hydrogens (tertiary/aromatic N) is 2. The van der Waals surface area contributed by atoms with Crippen molar-refractivity contribution < 1.29 is 13.9 Å². The Bertz CT molecular complexity index is 586. The summed E-state index contributed by atoms with van der Waals surface area (Å²) in [5, 5.41) is 14.3. The van der Waals surface area contributed by atoms with Crippen LogP contribution >= 0.6 is 15.9 Å². The molecule has 2 rings (SSSR count). The molecule has 1 aromatic heterocycles. The molecule has 0 radical (unpaired) electrons. The molecule has 0 amide bonds. The Balaban J connectivity index is 2.25. The normalized spacial score (nSPS) is 12.7. The van der Waals surface area contributed by atoms with Crippen molar-refractivity contribution in [3.63, 3.8) is 0 Å². The lowest BCUT2D eigenvalue weighted by atomic mass is 10.0. The Kier molecular flexibility index (Phi) is 4.31. The number of hydrogen-bond donors (Lipinski definition) is 1. The van der Waals surface area contributed by atoms with Gasteiger partial charge in [-0.3, -0.25) is 4.68 Å². The molecule has 1 N–H and O–H groups in total. The fraction of sp³-hybridized carbons (Fsp3) is 0.308. The number of aliphatic hydroxyl groups excluding tert-OH is 1. The third-order valence-electron chi connectivity index (χ3n) is 2.88. The van der Waals surface area contributed by atoms with Crippen LogP contribution in [0.4, 0.5) is 8.78 Å². The molecule has 1 unspecified atom stereocenters. The van der Waals surface area contributed by atoms with E-state index in [2.05, 4.69) is 21.0 Å². The zero-order valence-electron chi connectivity index (χ0n) is 10.3. The molecule has 102 valence electrons. The van der Waals surface area contributed by atoms with Crippen LogP contribution in [0.2, 0.25) is 0 Å². The Hall–Kier alpha value is -1.27. The van der Waals surface area contributed by atoms with Crippen LogP contribution in [0, 0.1) is 11.6 Å². The van der Waals surface area contributed by atoms with E-state index in [1.54, 1.807) is 10.9 Å². The molecular weight excluding hydrogens is 318 g/mol. The highest BCUT2D eigenvalue weighted by Crippen LogP contribution is 2.26. The van der Waals surface area contributed by atoms with Crippen LogP contribution in [0.15, 0.2) is 28.9 Å². The van der Waals surface area contributed by atoms with Crippen LogP contribution in [0.5, 0.6) is 0 Å². The van der Waals surface area contributed by atoms with Gasteiger partial charge in [-0.25, -0.2) is 8.78 Å². The van der Waals surface area contributed by atoms with Gasteiger partial charge in [0.2, 0.25) is 0 Å². The first-order valence-electron chi connectivity index (χ1n) is 5.86. The van der Waals surface area contributed by atoms with E-state index in [9.17, 15) is 13.9 Å². The second kappa shape index (κ2) is 5.79. The van der Waals surface area contributed by atoms with Gasteiger partial charge in [0, 0.05) is 19.0 Å². The predicted molar refractivity (Wildman–Crippen MR) is 70.6 cm³/mol. The number of hydrogen-bond acceptors (Lipinski definition) is 2. The van der Waals surface area contributed by atoms with Crippen LogP contribution in [0.25, 0.3) is 0 Å². The van der Waals surface area contributed by atoms with Gasteiger partial charge < -0.3 is 5.11 Å². The molecule has 0 aliphatic heterocycles. The summed E-state index contributed by atoms with van der Waals surface area (Å²) in [4.78, 5) is 0. The van der Waals surface area contributed by atoms with Crippen molar-refractivity contribution in [3.05, 3.63) is 51.8 Å². The van der Waals surface area contributed by atoms with Crippen molar-refractivity contribution in [1.29, 1.82) is 0 Å². The van der Waals surface area contributed by atoms with Gasteiger partial charge in [0.1, 0.15) is 17.7 Å². The fourth-order valence-electron chi connectivity index (χ4n) is 1.95. The first kappa shape index (κ1) is 14.1. The first-order valence-corrected chi connectivity index (χ1v) is 6.65. The number of halogens is 3. The third kappa shape index (κ3) is 3.01. The molecule has 0 bridgehead atoms. The molecule has 0 saturated heterocycles. The van der Waals surface area contributed by atoms with E-state index in [-0.39, 0.29) is 12.0 Å². The monoisotopic (exact) mass is 330 g/mol. The van der Waals surface area contributed by atoms with Crippen LogP contribution in [-0.4, -0.2) is 14.9 Å². The average molecular weight is 331 g/mol. The van der Waals surface area contributed by atoms with Crippen LogP contribution < -0.4 is 0 Å². The van der Waals surface area contributed by atoms with E-state index in [1.165, 1.54) is 12.1 Å². The minimum Gasteiger partial charge on any atom is -0.386 e. The van der Waals surface area contributed by atoms with Crippen molar-refractivity contribution in [2.45, 2.75) is 26.0 Å². The lowest BCUT2D eigenvalue weighted by Crippen LogP contribution is -2.11. The summed E-state index contributed by atoms with van der Waals surface area (Å²) >= 11 is 3.30. The molecule has 1 heterocycles. The predicted octanol–water partition coefficient (Wildman–Crippen LogP) is 3.22. The third-order valence-corrected chi connectivity index (χ3v) is 3.49. The molecule has 6 heteroatoms. The topological polar surface area (TPSA) is 38.0 Å². The van der Waals surface area contributed by atoms with E-state index >= 15 is 0 Å². The lowest BCUT2D eigenvalue weighted by Gasteiger charge is -2.14. The van der Waals surface area contributed by atoms with Gasteiger partial charge in [-0.1, -0.05) is 6.07 Å². The van der Waals surface area contributed by atoms with E-state index < -0.39 is 17.7 Å². The van der Waals surface area contributed by atoms with Crippen LogP contribution in [-0.2, 0) is 13.0 Å². The zero-order chi connectivity index (χ0) is 14.0. The van der Waals surface area contributed by atoms with Crippen molar-refractivity contribution in [1.82, 2.24) is 9.78 Å². The molecule has 0 fully saturated rings. The Morgan fingerprint density at radius 1 is 1.42 bits per heavy atom. The number of benzene rings is 1. The minimum atomic E-state index is -0.906. The van der Waals surface area contributed by atoms with Crippen LogP contribution in [0.3, 0.4) is 0 Å². The quantitative estimate of drug-likeness (QED) is 0.934. The largest absolute Gasteiger partial charge is 0.386 e. The second-order valence-electron chi connectivity index (χ2n) is 4.15. The molecule has 0 aliphatic rings. The first-order chi connectivity index (χ1) is 9.02. The molecule has 1 atom stereocenters. The van der Waals surface area contributed by atoms with Gasteiger partial charge in [0.15, 0.2) is 0 Å². The standard InChI is InChI=1S/C13H13BrF2N2O/c1-2-18-13(10(14)7-17-18)12(19)5-8-3-4-9(15)6-11(8)16/h3-4,6-7,12,19H,2,5H2,1H3. The molecule has 0 aliphatic carbocycles. The summed E-state index contributed by atoms with van der Waals surface area (Å²) in [6, 6.07) is 3.33. The van der Waals surface area contributed by atoms with Gasteiger partial charge in [-0.15, -0.1) is 0 Å². The van der Waals surface area contributed by atoms with Gasteiger partial charge in [-0.05, 0) is 34.5 Å². The Labute approximate surface area is 118 Å². The molecule has 2 aromatic rings. The average Bonchev–Trinajstić information content (AvgIpc) is 2.74. The van der Waals surface area contributed by atoms with Crippen molar-refractivity contribution >= 4 is 15.9 Å². The highest BCUT2D eigenvalue weighted by atomic mass is 79.9. The lowest BCUT2D eigenvalue weighted by molar-refractivity contribution is 0.165. The van der Waals surface area contributed by atoms with E-state index in [0.717, 1.165) is 6.07 Å². The summed E-state index contributed by atoms with van der Waals surface area (Å²) in [6.07, 6.45) is 0.747. The van der Waals surface area contributed by atoms with Crippen LogP contribution in [0.1, 0.15) is 24.3 Å². The Morgan fingerprint density at radius 3 is 2.79 bits per heavy atom. The molecule has 19 heavy (non-hydrogen) atoms. The molecule has 0 saturated carbocycles. The molecule has 3 nitrogen and oxygen atoms in total. The molecular formula is C13H13BrF2N2O. The number of rotatable bonds is 4. The summed E-state index contributed by atoms with van der Waals surface area (Å²) in [5.41, 5.74) is 0.857. The van der Waals surface area contributed by atoms with Gasteiger partial charge >= 0.3 is 0 Å². The van der Waals surface area contributed by atoms with Gasteiger partial charge in [-0.2, -0.15) is 5.10 Å². The maximum Gasteiger partial charge on any atom is 0.129 e. The SMILES string of the molecule is CCn1ncc(Br)c1C(O)Cc1ccc(F)cc1F. The van der Waals surface area contributed by atoms with E-state index in [1.807, 2.05) is 6.92 Å². The molecule has 1 aromatic carbocycles. The Morgan fingerprint density at radius 2 is 2.16 bits per heavy atom. The second-order valence-corrected chi connectivity index (χ2v) is 5.00. The maximum absolute atomic E-state index is 13.6. The minimum absolute atomic E-state index is 0.0659. The van der Waals surface area contributed by atoms with E-state index in [0.29, 0.717) is 16.7 Å². The number of aliphatic hydroxyl groups is 1. The number of aromatic nitrogens is 2. The number of aryl methyl sites for hydroxylation is 1. The highest BCUT2D eigenvalue weighted by Gasteiger charge is 2.19. The smallest absolute Gasteiger partial charge is 0.129 e. The van der Waals surface area contributed by atoms with Crippen molar-refractivity contribution in [3.8, 4) is 0 Å². The van der Waals surface area contributed by atoms with E-state index in [4.69, 9.17) is 0 Å². The molecule has 0 spiro atoms. The van der Waals surface area contributed by atoms with Gasteiger partial charge in [0.05, 0.1) is 16.4 Å². The zero-order valence-corrected chi connectivity index (χ0v) is 11.9. The summed E-state index contributed by atoms with van der Waals surface area (Å²) in [7, 11) is 0. The maximum atomic E-state index is 13.6. The van der Waals surface area contributed by atoms with Gasteiger partial charge in [0.25, 0.3) is 0 Å². The summed E-state index contributed by atoms with van der Waals surface area (Å²) in [5.74, 6) is -1.28. The fourth-order valence-corrected chi connectivity index (χ4v) is 2.51. The van der Waals surface area contributed by atoms with Crippen molar-refractivity contribution in [2.24, 2.45) is 0 Å². The van der Waals surface area contributed by atoms with Crippen molar-refractivity contribution in [2.75, 3.05) is 0 Å². The summed E-state index contributed by atoms with van der Waals surface area (Å²) < 4.78 is 28.7. The summed E-state index contributed by atoms with van der Waals surface area (Å²) in [6.45, 7) is 2.50. The highest BCUT2D eigenvalue weighted by molar-refractivity contribution is 9.10.